The molecule has 0 aromatic carbocycles. The molecule has 1 rings (SSSR count). The van der Waals surface area contributed by atoms with E-state index in [0.29, 0.717) is 6.04 Å². The molecule has 1 heterocycles. The summed E-state index contributed by atoms with van der Waals surface area (Å²) in [6, 6.07) is 0.556. The minimum absolute atomic E-state index is 0.556. The molecule has 5 nitrogen and oxygen atoms in total. The average Bonchev–Trinajstić information content (AvgIpc) is 2.53. The van der Waals surface area contributed by atoms with Crippen LogP contribution in [0, 0.1) is 0 Å². The Balaban J connectivity index is 2.32. The fourth-order valence-corrected chi connectivity index (χ4v) is 2.77. The van der Waals surface area contributed by atoms with Gasteiger partial charge < -0.3 is 15.1 Å². The van der Waals surface area contributed by atoms with Crippen molar-refractivity contribution >= 4 is 5.96 Å². The van der Waals surface area contributed by atoms with Crippen LogP contribution < -0.4 is 5.32 Å². The van der Waals surface area contributed by atoms with E-state index in [1.54, 1.807) is 0 Å². The van der Waals surface area contributed by atoms with Crippen LogP contribution in [-0.2, 0) is 0 Å². The molecular weight excluding hydrogens is 262 g/mol. The SMILES string of the molecule is CCCCN(C)C(=NC)NCC(C)N1CCN(CC)CC1. The van der Waals surface area contributed by atoms with Crippen LogP contribution in [0.25, 0.3) is 0 Å². The fraction of sp³-hybridized carbons (Fsp3) is 0.938. The molecule has 0 aromatic rings. The van der Waals surface area contributed by atoms with E-state index < -0.39 is 0 Å². The van der Waals surface area contributed by atoms with Crippen LogP contribution in [0.3, 0.4) is 0 Å². The van der Waals surface area contributed by atoms with Crippen molar-refractivity contribution in [2.75, 3.05) is 59.9 Å². The van der Waals surface area contributed by atoms with Gasteiger partial charge in [-0.1, -0.05) is 20.3 Å². The predicted octanol–water partition coefficient (Wildman–Crippen LogP) is 1.32. The number of piperazine rings is 1. The van der Waals surface area contributed by atoms with Crippen molar-refractivity contribution in [1.29, 1.82) is 0 Å². The number of unbranched alkanes of at least 4 members (excludes halogenated alkanes) is 1. The first-order valence-electron chi connectivity index (χ1n) is 8.50. The van der Waals surface area contributed by atoms with Gasteiger partial charge in [0, 0.05) is 59.4 Å². The standard InChI is InChI=1S/C16H35N5/c1-6-8-9-19(5)16(17-4)18-14-15(3)21-12-10-20(7-2)11-13-21/h15H,6-14H2,1-5H3,(H,17,18). The number of nitrogens with one attached hydrogen (secondary N) is 1. The van der Waals surface area contributed by atoms with Gasteiger partial charge in [0.05, 0.1) is 0 Å². The lowest BCUT2D eigenvalue weighted by atomic mass is 10.2. The minimum atomic E-state index is 0.556. The Morgan fingerprint density at radius 3 is 2.43 bits per heavy atom. The predicted molar refractivity (Wildman–Crippen MR) is 92.0 cm³/mol. The smallest absolute Gasteiger partial charge is 0.193 e. The molecule has 0 spiro atoms. The van der Waals surface area contributed by atoms with Gasteiger partial charge in [-0.2, -0.15) is 0 Å². The highest BCUT2D eigenvalue weighted by Crippen LogP contribution is 2.05. The van der Waals surface area contributed by atoms with Crippen LogP contribution in [0.1, 0.15) is 33.6 Å². The minimum Gasteiger partial charge on any atom is -0.355 e. The van der Waals surface area contributed by atoms with E-state index in [2.05, 4.69) is 52.8 Å². The summed E-state index contributed by atoms with van der Waals surface area (Å²) in [5.41, 5.74) is 0. The van der Waals surface area contributed by atoms with E-state index in [1.807, 2.05) is 7.05 Å². The maximum Gasteiger partial charge on any atom is 0.193 e. The van der Waals surface area contributed by atoms with E-state index in [-0.39, 0.29) is 0 Å². The summed E-state index contributed by atoms with van der Waals surface area (Å²) < 4.78 is 0. The molecule has 1 atom stereocenters. The molecule has 1 N–H and O–H groups in total. The van der Waals surface area contributed by atoms with Gasteiger partial charge in [0.25, 0.3) is 0 Å². The number of rotatable bonds is 7. The molecule has 0 radical (unpaired) electrons. The number of likely N-dealkylation sites (N-methyl/N-ethyl adjacent to an activating group) is 1. The van der Waals surface area contributed by atoms with E-state index in [4.69, 9.17) is 0 Å². The van der Waals surface area contributed by atoms with E-state index in [9.17, 15) is 0 Å². The molecule has 5 heteroatoms. The number of guanidine groups is 1. The molecule has 0 saturated carbocycles. The quantitative estimate of drug-likeness (QED) is 0.568. The van der Waals surface area contributed by atoms with Gasteiger partial charge in [0.15, 0.2) is 5.96 Å². The first-order valence-corrected chi connectivity index (χ1v) is 8.50. The third-order valence-corrected chi connectivity index (χ3v) is 4.45. The number of hydrogen-bond acceptors (Lipinski definition) is 3. The van der Waals surface area contributed by atoms with Crippen LogP contribution in [0.2, 0.25) is 0 Å². The second-order valence-electron chi connectivity index (χ2n) is 6.02. The number of aliphatic imine (C=N–C) groups is 1. The van der Waals surface area contributed by atoms with Crippen LogP contribution in [-0.4, -0.2) is 86.6 Å². The summed E-state index contributed by atoms with van der Waals surface area (Å²) in [4.78, 5) is 11.7. The van der Waals surface area contributed by atoms with Crippen molar-refractivity contribution < 1.29 is 0 Å². The maximum absolute atomic E-state index is 4.39. The third-order valence-electron chi connectivity index (χ3n) is 4.45. The normalized spacial score (nSPS) is 19.6. The highest BCUT2D eigenvalue weighted by Gasteiger charge is 2.20. The molecule has 1 unspecified atom stereocenters. The highest BCUT2D eigenvalue weighted by atomic mass is 15.3. The Bertz CT molecular complexity index is 297. The molecular formula is C16H35N5. The van der Waals surface area contributed by atoms with Gasteiger partial charge >= 0.3 is 0 Å². The van der Waals surface area contributed by atoms with Crippen LogP contribution in [0.5, 0.6) is 0 Å². The average molecular weight is 297 g/mol. The molecule has 21 heavy (non-hydrogen) atoms. The van der Waals surface area contributed by atoms with Crippen molar-refractivity contribution in [2.24, 2.45) is 4.99 Å². The topological polar surface area (TPSA) is 34.1 Å². The monoisotopic (exact) mass is 297 g/mol. The molecule has 124 valence electrons. The lowest BCUT2D eigenvalue weighted by Gasteiger charge is -2.38. The molecule has 0 aromatic heterocycles. The molecule has 0 amide bonds. The largest absolute Gasteiger partial charge is 0.355 e. The fourth-order valence-electron chi connectivity index (χ4n) is 2.77. The second-order valence-corrected chi connectivity index (χ2v) is 6.02. The van der Waals surface area contributed by atoms with E-state index >= 15 is 0 Å². The number of hydrogen-bond donors (Lipinski definition) is 1. The van der Waals surface area contributed by atoms with Crippen molar-refractivity contribution in [3.8, 4) is 0 Å². The number of nitrogens with zero attached hydrogens (tertiary/aromatic N) is 4. The summed E-state index contributed by atoms with van der Waals surface area (Å²) >= 11 is 0. The molecule has 1 aliphatic heterocycles. The summed E-state index contributed by atoms with van der Waals surface area (Å²) in [6.45, 7) is 14.8. The van der Waals surface area contributed by atoms with Gasteiger partial charge in [-0.3, -0.25) is 9.89 Å². The zero-order valence-electron chi connectivity index (χ0n) is 14.7. The maximum atomic E-state index is 4.39. The van der Waals surface area contributed by atoms with Gasteiger partial charge in [-0.25, -0.2) is 0 Å². The van der Waals surface area contributed by atoms with Crippen molar-refractivity contribution in [3.63, 3.8) is 0 Å². The van der Waals surface area contributed by atoms with Crippen molar-refractivity contribution in [3.05, 3.63) is 0 Å². The van der Waals surface area contributed by atoms with Crippen LogP contribution in [0.15, 0.2) is 4.99 Å². The van der Waals surface area contributed by atoms with Crippen molar-refractivity contribution in [2.45, 2.75) is 39.7 Å². The highest BCUT2D eigenvalue weighted by molar-refractivity contribution is 5.79. The summed E-state index contributed by atoms with van der Waals surface area (Å²) in [5, 5.41) is 3.52. The Labute approximate surface area is 131 Å². The van der Waals surface area contributed by atoms with Gasteiger partial charge in [0.1, 0.15) is 0 Å². The van der Waals surface area contributed by atoms with E-state index in [1.165, 1.54) is 45.6 Å². The lowest BCUT2D eigenvalue weighted by molar-refractivity contribution is 0.107. The Kier molecular flexibility index (Phi) is 8.69. The summed E-state index contributed by atoms with van der Waals surface area (Å²) in [6.07, 6.45) is 2.44. The summed E-state index contributed by atoms with van der Waals surface area (Å²) in [5.74, 6) is 1.02. The molecule has 0 aliphatic carbocycles. The molecule has 1 aliphatic rings. The Morgan fingerprint density at radius 2 is 1.90 bits per heavy atom. The zero-order valence-corrected chi connectivity index (χ0v) is 14.7. The molecule has 0 bridgehead atoms. The Morgan fingerprint density at radius 1 is 1.24 bits per heavy atom. The molecule has 1 fully saturated rings. The first kappa shape index (κ1) is 18.2. The second kappa shape index (κ2) is 10.0. The van der Waals surface area contributed by atoms with Gasteiger partial charge in [-0.05, 0) is 19.9 Å². The third kappa shape index (κ3) is 6.22. The molecule has 1 saturated heterocycles. The van der Waals surface area contributed by atoms with Crippen LogP contribution in [0.4, 0.5) is 0 Å². The van der Waals surface area contributed by atoms with E-state index in [0.717, 1.165) is 19.0 Å². The van der Waals surface area contributed by atoms with Crippen molar-refractivity contribution in [1.82, 2.24) is 20.0 Å². The first-order chi connectivity index (χ1) is 10.1. The Hall–Kier alpha value is -0.810. The van der Waals surface area contributed by atoms with Gasteiger partial charge in [0.2, 0.25) is 0 Å². The van der Waals surface area contributed by atoms with Gasteiger partial charge in [-0.15, -0.1) is 0 Å². The lowest BCUT2D eigenvalue weighted by Crippen LogP contribution is -2.53. The zero-order chi connectivity index (χ0) is 15.7. The van der Waals surface area contributed by atoms with Crippen LogP contribution >= 0.6 is 0 Å². The summed E-state index contributed by atoms with van der Waals surface area (Å²) in [7, 11) is 3.99.